The SMILES string of the molecule is Cc1[nH]ccc1Oc1cccc(O)c1. The molecule has 2 N–H and O–H groups in total. The van der Waals surface area contributed by atoms with Crippen LogP contribution in [0.4, 0.5) is 0 Å². The van der Waals surface area contributed by atoms with Gasteiger partial charge in [0.25, 0.3) is 0 Å². The molecule has 0 saturated carbocycles. The molecule has 3 heteroatoms. The summed E-state index contributed by atoms with van der Waals surface area (Å²) in [7, 11) is 0. The quantitative estimate of drug-likeness (QED) is 0.763. The van der Waals surface area contributed by atoms with Crippen molar-refractivity contribution in [2.24, 2.45) is 0 Å². The Morgan fingerprint density at radius 1 is 1.29 bits per heavy atom. The van der Waals surface area contributed by atoms with Gasteiger partial charge in [-0.3, -0.25) is 0 Å². The van der Waals surface area contributed by atoms with Gasteiger partial charge in [-0.1, -0.05) is 6.07 Å². The molecule has 1 aromatic carbocycles. The summed E-state index contributed by atoms with van der Waals surface area (Å²) in [5, 5.41) is 9.22. The highest BCUT2D eigenvalue weighted by molar-refractivity contribution is 5.37. The second kappa shape index (κ2) is 3.46. The minimum absolute atomic E-state index is 0.204. The lowest BCUT2D eigenvalue weighted by Gasteiger charge is -2.04. The second-order valence-electron chi connectivity index (χ2n) is 3.07. The van der Waals surface area contributed by atoms with E-state index in [1.54, 1.807) is 24.3 Å². The van der Waals surface area contributed by atoms with Crippen molar-refractivity contribution in [2.45, 2.75) is 6.92 Å². The van der Waals surface area contributed by atoms with Gasteiger partial charge in [-0.15, -0.1) is 0 Å². The molecule has 72 valence electrons. The smallest absolute Gasteiger partial charge is 0.147 e. The molecule has 0 radical (unpaired) electrons. The van der Waals surface area contributed by atoms with Crippen LogP contribution >= 0.6 is 0 Å². The van der Waals surface area contributed by atoms with Gasteiger partial charge < -0.3 is 14.8 Å². The summed E-state index contributed by atoms with van der Waals surface area (Å²) in [4.78, 5) is 3.02. The number of phenols is 1. The molecule has 0 aliphatic rings. The Morgan fingerprint density at radius 3 is 2.79 bits per heavy atom. The maximum atomic E-state index is 9.22. The molecule has 2 rings (SSSR count). The van der Waals surface area contributed by atoms with Gasteiger partial charge in [0.05, 0.1) is 5.69 Å². The van der Waals surface area contributed by atoms with Crippen molar-refractivity contribution in [1.29, 1.82) is 0 Å². The number of aromatic hydroxyl groups is 1. The number of nitrogens with one attached hydrogen (secondary N) is 1. The van der Waals surface area contributed by atoms with Crippen LogP contribution in [0.25, 0.3) is 0 Å². The number of rotatable bonds is 2. The molecule has 0 saturated heterocycles. The van der Waals surface area contributed by atoms with Crippen molar-refractivity contribution in [3.8, 4) is 17.2 Å². The Hall–Kier alpha value is -1.90. The van der Waals surface area contributed by atoms with Crippen LogP contribution in [-0.2, 0) is 0 Å². The molecule has 0 amide bonds. The first kappa shape index (κ1) is 8.69. The number of H-pyrrole nitrogens is 1. The van der Waals surface area contributed by atoms with E-state index in [-0.39, 0.29) is 5.75 Å². The molecule has 3 nitrogen and oxygen atoms in total. The summed E-state index contributed by atoms with van der Waals surface area (Å²) in [5.41, 5.74) is 0.966. The molecule has 0 spiro atoms. The highest BCUT2D eigenvalue weighted by atomic mass is 16.5. The molecule has 0 fully saturated rings. The fourth-order valence-corrected chi connectivity index (χ4v) is 1.22. The molecular weight excluding hydrogens is 178 g/mol. The van der Waals surface area contributed by atoms with Crippen LogP contribution in [0.5, 0.6) is 17.2 Å². The Bertz CT molecular complexity index is 434. The van der Waals surface area contributed by atoms with E-state index in [2.05, 4.69) is 4.98 Å². The van der Waals surface area contributed by atoms with Gasteiger partial charge in [0.15, 0.2) is 0 Å². The zero-order chi connectivity index (χ0) is 9.97. The van der Waals surface area contributed by atoms with Crippen LogP contribution in [0.2, 0.25) is 0 Å². The average molecular weight is 189 g/mol. The monoisotopic (exact) mass is 189 g/mol. The maximum absolute atomic E-state index is 9.22. The third-order valence-electron chi connectivity index (χ3n) is 1.95. The third-order valence-corrected chi connectivity index (χ3v) is 1.95. The molecule has 2 aromatic rings. The molecule has 1 heterocycles. The molecule has 0 aliphatic heterocycles. The van der Waals surface area contributed by atoms with Crippen LogP contribution in [-0.4, -0.2) is 10.1 Å². The summed E-state index contributed by atoms with van der Waals surface area (Å²) in [6.07, 6.45) is 1.81. The van der Waals surface area contributed by atoms with E-state index in [0.29, 0.717) is 5.75 Å². The van der Waals surface area contributed by atoms with Crippen molar-refractivity contribution < 1.29 is 9.84 Å². The van der Waals surface area contributed by atoms with Crippen LogP contribution in [0.3, 0.4) is 0 Å². The number of phenolic OH excluding ortho intramolecular Hbond substituents is 1. The van der Waals surface area contributed by atoms with E-state index in [0.717, 1.165) is 11.4 Å². The number of hydrogen-bond donors (Lipinski definition) is 2. The van der Waals surface area contributed by atoms with Crippen LogP contribution < -0.4 is 4.74 Å². The van der Waals surface area contributed by atoms with Crippen LogP contribution in [0.15, 0.2) is 36.5 Å². The van der Waals surface area contributed by atoms with Gasteiger partial charge in [-0.25, -0.2) is 0 Å². The highest BCUT2D eigenvalue weighted by Crippen LogP contribution is 2.26. The fourth-order valence-electron chi connectivity index (χ4n) is 1.22. The minimum Gasteiger partial charge on any atom is -0.508 e. The number of aryl methyl sites for hydroxylation is 1. The van der Waals surface area contributed by atoms with E-state index in [4.69, 9.17) is 4.74 Å². The predicted octanol–water partition coefficient (Wildman–Crippen LogP) is 2.82. The van der Waals surface area contributed by atoms with Gasteiger partial charge in [0, 0.05) is 12.3 Å². The van der Waals surface area contributed by atoms with E-state index >= 15 is 0 Å². The number of aromatic nitrogens is 1. The van der Waals surface area contributed by atoms with Gasteiger partial charge >= 0.3 is 0 Å². The molecule has 14 heavy (non-hydrogen) atoms. The Kier molecular flexibility index (Phi) is 2.14. The van der Waals surface area contributed by atoms with Crippen molar-refractivity contribution >= 4 is 0 Å². The predicted molar refractivity (Wildman–Crippen MR) is 53.7 cm³/mol. The summed E-state index contributed by atoms with van der Waals surface area (Å²) in [5.74, 6) is 1.61. The largest absolute Gasteiger partial charge is 0.508 e. The van der Waals surface area contributed by atoms with Crippen LogP contribution in [0.1, 0.15) is 5.69 Å². The normalized spacial score (nSPS) is 10.1. The minimum atomic E-state index is 0.204. The number of hydrogen-bond acceptors (Lipinski definition) is 2. The summed E-state index contributed by atoms with van der Waals surface area (Å²) in [6, 6.07) is 8.57. The first-order chi connectivity index (χ1) is 6.75. The summed E-state index contributed by atoms with van der Waals surface area (Å²) < 4.78 is 5.54. The lowest BCUT2D eigenvalue weighted by molar-refractivity contribution is 0.454. The van der Waals surface area contributed by atoms with Gasteiger partial charge in [-0.05, 0) is 25.1 Å². The van der Waals surface area contributed by atoms with Gasteiger partial charge in [0.1, 0.15) is 17.2 Å². The van der Waals surface area contributed by atoms with Crippen molar-refractivity contribution in [3.05, 3.63) is 42.2 Å². The fraction of sp³-hybridized carbons (Fsp3) is 0.0909. The zero-order valence-electron chi connectivity index (χ0n) is 7.82. The third kappa shape index (κ3) is 1.71. The van der Waals surface area contributed by atoms with Crippen LogP contribution in [0, 0.1) is 6.92 Å². The molecule has 0 unspecified atom stereocenters. The summed E-state index contributed by atoms with van der Waals surface area (Å²) in [6.45, 7) is 1.93. The standard InChI is InChI=1S/C11H11NO2/c1-8-11(5-6-12-8)14-10-4-2-3-9(13)7-10/h2-7,12-13H,1H3. The molecular formula is C11H11NO2. The van der Waals surface area contributed by atoms with Crippen molar-refractivity contribution in [2.75, 3.05) is 0 Å². The lowest BCUT2D eigenvalue weighted by Crippen LogP contribution is -1.83. The maximum Gasteiger partial charge on any atom is 0.147 e. The Morgan fingerprint density at radius 2 is 2.14 bits per heavy atom. The van der Waals surface area contributed by atoms with E-state index in [9.17, 15) is 5.11 Å². The molecule has 0 aliphatic carbocycles. The first-order valence-electron chi connectivity index (χ1n) is 4.36. The van der Waals surface area contributed by atoms with E-state index in [1.165, 1.54) is 0 Å². The van der Waals surface area contributed by atoms with E-state index < -0.39 is 0 Å². The molecule has 0 bridgehead atoms. The van der Waals surface area contributed by atoms with Gasteiger partial charge in [-0.2, -0.15) is 0 Å². The lowest BCUT2D eigenvalue weighted by atomic mass is 10.3. The highest BCUT2D eigenvalue weighted by Gasteiger charge is 2.01. The van der Waals surface area contributed by atoms with E-state index in [1.807, 2.05) is 19.2 Å². The summed E-state index contributed by atoms with van der Waals surface area (Å²) >= 11 is 0. The Balaban J connectivity index is 2.23. The van der Waals surface area contributed by atoms with Crippen molar-refractivity contribution in [1.82, 2.24) is 4.98 Å². The first-order valence-corrected chi connectivity index (χ1v) is 4.36. The zero-order valence-corrected chi connectivity index (χ0v) is 7.82. The molecule has 0 atom stereocenters. The Labute approximate surface area is 82.0 Å². The number of ether oxygens (including phenoxy) is 1. The number of aromatic amines is 1. The second-order valence-corrected chi connectivity index (χ2v) is 3.07. The molecule has 1 aromatic heterocycles. The van der Waals surface area contributed by atoms with Crippen molar-refractivity contribution in [3.63, 3.8) is 0 Å². The number of benzene rings is 1. The topological polar surface area (TPSA) is 45.2 Å². The average Bonchev–Trinajstić information content (AvgIpc) is 2.52. The van der Waals surface area contributed by atoms with Gasteiger partial charge in [0.2, 0.25) is 0 Å².